The van der Waals surface area contributed by atoms with Crippen molar-refractivity contribution in [2.24, 2.45) is 0 Å². The third-order valence-electron chi connectivity index (χ3n) is 5.53. The Morgan fingerprint density at radius 3 is 2.31 bits per heavy atom. The quantitative estimate of drug-likeness (QED) is 0.506. The smallest absolute Gasteiger partial charge is 0.491 e. The number of halogens is 1. The van der Waals surface area contributed by atoms with Gasteiger partial charge in [0.25, 0.3) is 0 Å². The lowest BCUT2D eigenvalue weighted by Crippen LogP contribution is -2.41. The van der Waals surface area contributed by atoms with Gasteiger partial charge in [0.1, 0.15) is 6.10 Å². The van der Waals surface area contributed by atoms with Crippen LogP contribution in [-0.2, 0) is 20.5 Å². The van der Waals surface area contributed by atoms with Crippen LogP contribution in [0.5, 0.6) is 0 Å². The fraction of sp³-hybridized carbons (Fsp3) is 0.619. The predicted molar refractivity (Wildman–Crippen MR) is 110 cm³/mol. The molecule has 0 unspecified atom stereocenters. The van der Waals surface area contributed by atoms with Crippen LogP contribution in [0.4, 0.5) is 0 Å². The van der Waals surface area contributed by atoms with Crippen LogP contribution in [0.15, 0.2) is 24.0 Å². The molecule has 1 aliphatic heterocycles. The van der Waals surface area contributed by atoms with Crippen LogP contribution in [0, 0.1) is 0 Å². The van der Waals surface area contributed by atoms with Gasteiger partial charge in [0.05, 0.1) is 17.0 Å². The minimum atomic E-state index is -0.385. The number of hydrogen-bond donors (Lipinski definition) is 0. The largest absolute Gasteiger partial charge is 0.495 e. The third-order valence-corrected chi connectivity index (χ3v) is 5.75. The molecule has 0 bridgehead atoms. The summed E-state index contributed by atoms with van der Waals surface area (Å²) in [7, 11) is -0.385. The molecule has 1 fully saturated rings. The van der Waals surface area contributed by atoms with E-state index < -0.39 is 0 Å². The van der Waals surface area contributed by atoms with E-state index in [9.17, 15) is 0 Å². The molecule has 0 N–H and O–H groups in total. The van der Waals surface area contributed by atoms with Gasteiger partial charge < -0.3 is 14.0 Å². The zero-order valence-electron chi connectivity index (χ0n) is 17.4. The zero-order chi connectivity index (χ0) is 19.7. The van der Waals surface area contributed by atoms with Crippen LogP contribution in [0.3, 0.4) is 0 Å². The fourth-order valence-electron chi connectivity index (χ4n) is 3.28. The Balaban J connectivity index is 0.00000117. The topological polar surface area (TPSA) is 27.7 Å². The molecule has 0 spiro atoms. The van der Waals surface area contributed by atoms with Crippen molar-refractivity contribution < 1.29 is 14.0 Å². The first-order valence-electron chi connectivity index (χ1n) is 9.62. The predicted octanol–water partition coefficient (Wildman–Crippen LogP) is 5.59. The van der Waals surface area contributed by atoms with Gasteiger partial charge in [-0.05, 0) is 89.2 Å². The van der Waals surface area contributed by atoms with E-state index >= 15 is 0 Å². The molecule has 3 rings (SSSR count). The molecule has 1 heterocycles. The molecule has 26 heavy (non-hydrogen) atoms. The van der Waals surface area contributed by atoms with E-state index in [1.807, 2.05) is 45.9 Å². The van der Waals surface area contributed by atoms with Gasteiger partial charge in [-0.3, -0.25) is 0 Å². The summed E-state index contributed by atoms with van der Waals surface area (Å²) >= 11 is 6.40. The number of rotatable bonds is 3. The average Bonchev–Trinajstić information content (AvgIpc) is 3.06. The van der Waals surface area contributed by atoms with Gasteiger partial charge in [0, 0.05) is 5.02 Å². The Morgan fingerprint density at radius 1 is 1.19 bits per heavy atom. The normalized spacial score (nSPS) is 23.3. The number of hydrogen-bond acceptors (Lipinski definition) is 3. The van der Waals surface area contributed by atoms with E-state index in [0.29, 0.717) is 5.02 Å². The van der Waals surface area contributed by atoms with Gasteiger partial charge in [0.2, 0.25) is 0 Å². The Labute approximate surface area is 164 Å². The van der Waals surface area contributed by atoms with Crippen LogP contribution in [0.2, 0.25) is 5.02 Å². The lowest BCUT2D eigenvalue weighted by molar-refractivity contribution is 0.00578. The molecule has 1 saturated heterocycles. The number of allylic oxidation sites excluding steroid dienone is 2. The highest BCUT2D eigenvalue weighted by molar-refractivity contribution is 6.63. The van der Waals surface area contributed by atoms with Gasteiger partial charge in [0.15, 0.2) is 0 Å². The van der Waals surface area contributed by atoms with E-state index in [4.69, 9.17) is 25.6 Å². The molecule has 5 heteroatoms. The van der Waals surface area contributed by atoms with Crippen molar-refractivity contribution >= 4 is 24.2 Å². The Hall–Kier alpha value is -0.965. The van der Waals surface area contributed by atoms with Crippen LogP contribution in [0.25, 0.3) is 0 Å². The molecular formula is C21H32BClO3. The highest BCUT2D eigenvalue weighted by atomic mass is 35.5. The third kappa shape index (κ3) is 3.98. The highest BCUT2D eigenvalue weighted by Crippen LogP contribution is 2.40. The van der Waals surface area contributed by atoms with Crippen LogP contribution in [-0.4, -0.2) is 18.3 Å². The molecule has 1 atom stereocenters. The maximum Gasteiger partial charge on any atom is 0.495 e. The molecule has 0 amide bonds. The summed E-state index contributed by atoms with van der Waals surface area (Å²) < 4.78 is 18.5. The van der Waals surface area contributed by atoms with Crippen molar-refractivity contribution in [3.8, 4) is 0 Å². The second kappa shape index (κ2) is 7.96. The van der Waals surface area contributed by atoms with Gasteiger partial charge in [-0.2, -0.15) is 0 Å². The monoisotopic (exact) mass is 378 g/mol. The van der Waals surface area contributed by atoms with Crippen LogP contribution in [0.1, 0.15) is 79.0 Å². The summed E-state index contributed by atoms with van der Waals surface area (Å²) in [6.45, 7) is 16.2. The van der Waals surface area contributed by atoms with E-state index in [-0.39, 0.29) is 24.4 Å². The summed E-state index contributed by atoms with van der Waals surface area (Å²) in [6.07, 6.45) is 3.94. The zero-order valence-corrected chi connectivity index (χ0v) is 18.2. The minimum absolute atomic E-state index is 0.0519. The lowest BCUT2D eigenvalue weighted by atomic mass is 9.75. The Morgan fingerprint density at radius 2 is 1.77 bits per heavy atom. The van der Waals surface area contributed by atoms with Crippen LogP contribution >= 0.6 is 11.6 Å². The Kier molecular flexibility index (Phi) is 6.53. The van der Waals surface area contributed by atoms with Crippen molar-refractivity contribution in [1.82, 2.24) is 0 Å². The molecule has 0 radical (unpaired) electrons. The van der Waals surface area contributed by atoms with Crippen molar-refractivity contribution in [2.45, 2.75) is 85.5 Å². The minimum Gasteiger partial charge on any atom is -0.491 e. The highest BCUT2D eigenvalue weighted by Gasteiger charge is 2.52. The maximum atomic E-state index is 6.40. The molecule has 1 aliphatic carbocycles. The molecule has 0 saturated carbocycles. The summed E-state index contributed by atoms with van der Waals surface area (Å²) in [5.74, 6) is 0.935. The van der Waals surface area contributed by atoms with Gasteiger partial charge in [-0.15, -0.1) is 0 Å². The van der Waals surface area contributed by atoms with Crippen molar-refractivity contribution in [1.29, 1.82) is 0 Å². The van der Waals surface area contributed by atoms with Gasteiger partial charge in [-0.25, -0.2) is 0 Å². The van der Waals surface area contributed by atoms with E-state index in [2.05, 4.69) is 27.7 Å². The number of ether oxygens (including phenoxy) is 1. The first-order valence-corrected chi connectivity index (χ1v) is 10.00. The number of benzene rings is 1. The summed E-state index contributed by atoms with van der Waals surface area (Å²) in [5.41, 5.74) is 2.74. The molecule has 1 aromatic carbocycles. The number of fused-ring (bicyclic) bond motifs is 1. The van der Waals surface area contributed by atoms with E-state index in [1.54, 1.807) is 0 Å². The van der Waals surface area contributed by atoms with Crippen molar-refractivity contribution in [3.63, 3.8) is 0 Å². The summed E-state index contributed by atoms with van der Waals surface area (Å²) in [6, 6.07) is 4.00. The molecule has 2 aliphatic rings. The second-order valence-electron chi connectivity index (χ2n) is 7.70. The summed E-state index contributed by atoms with van der Waals surface area (Å²) in [4.78, 5) is 0. The molecule has 144 valence electrons. The summed E-state index contributed by atoms with van der Waals surface area (Å²) in [5, 5.41) is 0.701. The van der Waals surface area contributed by atoms with E-state index in [1.165, 1.54) is 5.56 Å². The van der Waals surface area contributed by atoms with E-state index in [0.717, 1.165) is 29.6 Å². The molecular weight excluding hydrogens is 346 g/mol. The first-order chi connectivity index (χ1) is 12.1. The molecule has 3 nitrogen and oxygen atoms in total. The first kappa shape index (κ1) is 21.3. The van der Waals surface area contributed by atoms with Gasteiger partial charge in [-0.1, -0.05) is 25.4 Å². The fourth-order valence-corrected chi connectivity index (χ4v) is 3.52. The van der Waals surface area contributed by atoms with Gasteiger partial charge >= 0.3 is 7.12 Å². The van der Waals surface area contributed by atoms with Crippen molar-refractivity contribution in [3.05, 3.63) is 40.1 Å². The van der Waals surface area contributed by atoms with Crippen molar-refractivity contribution in [2.75, 3.05) is 0 Å². The standard InChI is InChI=1S/C19H26BClO3.C2H6/c1-7-12(2)22-17-9-8-14-15(17)10-13(21)11-16(14)20-23-18(3,4)19(5,6)24-20;1-2/h7,10-11,17H,8-9H2,1-6H3;1-2H3/b12-7+;/t17-;/m1./s1. The van der Waals surface area contributed by atoms with Crippen LogP contribution < -0.4 is 5.46 Å². The molecule has 0 aromatic heterocycles. The average molecular weight is 379 g/mol. The Bertz CT molecular complexity index is 666. The SMILES string of the molecule is C/C=C(\C)O[C@@H]1CCc2c(B3OC(C)(C)C(C)(C)O3)cc(Cl)cc21.CC. The lowest BCUT2D eigenvalue weighted by Gasteiger charge is -2.32. The second-order valence-corrected chi connectivity index (χ2v) is 8.13. The maximum absolute atomic E-state index is 6.40. The molecule has 1 aromatic rings.